The summed E-state index contributed by atoms with van der Waals surface area (Å²) in [6.07, 6.45) is 1.50. The third-order valence-electron chi connectivity index (χ3n) is 5.07. The number of hydrogen-bond donors (Lipinski definition) is 2. The van der Waals surface area contributed by atoms with Crippen molar-refractivity contribution in [1.29, 1.82) is 0 Å². The first-order valence-electron chi connectivity index (χ1n) is 9.75. The Balaban J connectivity index is 1.47. The molecule has 0 aliphatic heterocycles. The molecule has 0 bridgehead atoms. The number of benzene rings is 3. The van der Waals surface area contributed by atoms with Gasteiger partial charge in [-0.3, -0.25) is 4.79 Å². The van der Waals surface area contributed by atoms with Crippen molar-refractivity contribution in [3.63, 3.8) is 0 Å². The maximum atomic E-state index is 13.0. The van der Waals surface area contributed by atoms with E-state index < -0.39 is 0 Å². The van der Waals surface area contributed by atoms with E-state index in [4.69, 9.17) is 11.6 Å². The Morgan fingerprint density at radius 3 is 2.58 bits per heavy atom. The van der Waals surface area contributed by atoms with Crippen molar-refractivity contribution in [3.05, 3.63) is 101 Å². The molecule has 6 heteroatoms. The van der Waals surface area contributed by atoms with Crippen molar-refractivity contribution in [2.24, 2.45) is 5.10 Å². The average Bonchev–Trinajstić information content (AvgIpc) is 3.20. The van der Waals surface area contributed by atoms with Gasteiger partial charge < -0.3 is 4.98 Å². The zero-order valence-corrected chi connectivity index (χ0v) is 17.1. The minimum Gasteiger partial charge on any atom is -0.350 e. The highest BCUT2D eigenvalue weighted by atomic mass is 35.5. The summed E-state index contributed by atoms with van der Waals surface area (Å²) in [5, 5.41) is 6.37. The molecule has 0 aliphatic carbocycles. The van der Waals surface area contributed by atoms with Gasteiger partial charge in [-0.2, -0.15) is 5.10 Å². The fraction of sp³-hybridized carbons (Fsp3) is 0. The molecular weight excluding hydrogens is 408 g/mol. The highest BCUT2D eigenvalue weighted by Gasteiger charge is 2.18. The number of nitrogens with zero attached hydrogens (tertiary/aromatic N) is 2. The number of aromatic amines is 1. The van der Waals surface area contributed by atoms with Gasteiger partial charge in [-0.05, 0) is 23.8 Å². The lowest BCUT2D eigenvalue weighted by atomic mass is 10.0. The maximum absolute atomic E-state index is 13.0. The van der Waals surface area contributed by atoms with Gasteiger partial charge in [0, 0.05) is 27.4 Å². The van der Waals surface area contributed by atoms with E-state index in [2.05, 4.69) is 20.5 Å². The number of rotatable bonds is 4. The molecule has 2 heterocycles. The second-order valence-electron chi connectivity index (χ2n) is 7.05. The number of halogens is 1. The van der Waals surface area contributed by atoms with Crippen LogP contribution in [0.25, 0.3) is 32.9 Å². The van der Waals surface area contributed by atoms with E-state index in [1.165, 1.54) is 6.21 Å². The Bertz CT molecular complexity index is 1440. The van der Waals surface area contributed by atoms with Gasteiger partial charge in [-0.1, -0.05) is 78.3 Å². The molecule has 0 spiro atoms. The van der Waals surface area contributed by atoms with Gasteiger partial charge in [-0.15, -0.1) is 0 Å². The molecule has 0 fully saturated rings. The maximum Gasteiger partial charge on any atom is 0.288 e. The number of amides is 1. The summed E-state index contributed by atoms with van der Waals surface area (Å²) in [6, 6.07) is 27.2. The minimum absolute atomic E-state index is 0.326. The van der Waals surface area contributed by atoms with Crippen LogP contribution in [0.4, 0.5) is 0 Å². The van der Waals surface area contributed by atoms with Crippen molar-refractivity contribution in [2.75, 3.05) is 0 Å². The van der Waals surface area contributed by atoms with Crippen LogP contribution in [0.2, 0.25) is 5.15 Å². The van der Waals surface area contributed by atoms with Crippen molar-refractivity contribution in [2.45, 2.75) is 0 Å². The molecule has 5 rings (SSSR count). The number of H-pyrrole nitrogens is 1. The van der Waals surface area contributed by atoms with Gasteiger partial charge in [0.2, 0.25) is 0 Å². The standard InChI is InChI=1S/C25H17ClN4O/c26-24-18(14-17-10-4-6-12-20(17)29-24)15-27-30-25(31)23-22(16-8-2-1-3-9-16)19-11-5-7-13-21(19)28-23/h1-15,28H,(H,30,31)/b27-15-. The minimum atomic E-state index is -0.337. The molecule has 0 saturated carbocycles. The summed E-state index contributed by atoms with van der Waals surface area (Å²) in [5.74, 6) is -0.337. The summed E-state index contributed by atoms with van der Waals surface area (Å²) < 4.78 is 0. The third kappa shape index (κ3) is 3.67. The number of hydrazone groups is 1. The molecule has 1 amide bonds. The Morgan fingerprint density at radius 2 is 1.71 bits per heavy atom. The smallest absolute Gasteiger partial charge is 0.288 e. The van der Waals surface area contributed by atoms with Crippen LogP contribution in [0, 0.1) is 0 Å². The monoisotopic (exact) mass is 424 g/mol. The van der Waals surface area contributed by atoms with Crippen LogP contribution in [-0.2, 0) is 0 Å². The molecule has 0 unspecified atom stereocenters. The first-order valence-corrected chi connectivity index (χ1v) is 10.1. The number of hydrogen-bond acceptors (Lipinski definition) is 3. The molecule has 3 aromatic carbocycles. The van der Waals surface area contributed by atoms with Crippen LogP contribution in [0.1, 0.15) is 16.1 Å². The molecule has 0 aliphatic rings. The van der Waals surface area contributed by atoms with Gasteiger partial charge in [0.25, 0.3) is 5.91 Å². The van der Waals surface area contributed by atoms with E-state index in [1.807, 2.05) is 84.9 Å². The highest BCUT2D eigenvalue weighted by molar-refractivity contribution is 6.32. The SMILES string of the molecule is O=C(N/N=C\c1cc2ccccc2nc1Cl)c1[nH]c2ccccc2c1-c1ccccc1. The fourth-order valence-corrected chi connectivity index (χ4v) is 3.83. The molecule has 0 saturated heterocycles. The first-order chi connectivity index (χ1) is 15.2. The fourth-order valence-electron chi connectivity index (χ4n) is 3.63. The lowest BCUT2D eigenvalue weighted by molar-refractivity contribution is 0.0951. The lowest BCUT2D eigenvalue weighted by Gasteiger charge is -2.05. The van der Waals surface area contributed by atoms with Crippen LogP contribution < -0.4 is 5.43 Å². The van der Waals surface area contributed by atoms with Crippen LogP contribution in [-0.4, -0.2) is 22.1 Å². The zero-order chi connectivity index (χ0) is 21.2. The number of para-hydroxylation sites is 2. The summed E-state index contributed by atoms with van der Waals surface area (Å²) in [4.78, 5) is 20.6. The molecule has 5 aromatic rings. The number of fused-ring (bicyclic) bond motifs is 2. The second kappa shape index (κ2) is 8.05. The summed E-state index contributed by atoms with van der Waals surface area (Å²) in [6.45, 7) is 0. The summed E-state index contributed by atoms with van der Waals surface area (Å²) in [7, 11) is 0. The van der Waals surface area contributed by atoms with Crippen molar-refractivity contribution >= 4 is 45.5 Å². The van der Waals surface area contributed by atoms with E-state index in [-0.39, 0.29) is 5.91 Å². The molecular formula is C25H17ClN4O. The predicted octanol–water partition coefficient (Wildman–Crippen LogP) is 5.80. The van der Waals surface area contributed by atoms with Crippen LogP contribution in [0.5, 0.6) is 0 Å². The Labute approximate surface area is 183 Å². The number of nitrogens with one attached hydrogen (secondary N) is 2. The van der Waals surface area contributed by atoms with Crippen LogP contribution in [0.3, 0.4) is 0 Å². The topological polar surface area (TPSA) is 70.1 Å². The van der Waals surface area contributed by atoms with E-state index in [1.54, 1.807) is 0 Å². The predicted molar refractivity (Wildman–Crippen MR) is 126 cm³/mol. The van der Waals surface area contributed by atoms with Crippen molar-refractivity contribution in [3.8, 4) is 11.1 Å². The Kier molecular flexibility index (Phi) is 4.94. The Morgan fingerprint density at radius 1 is 0.968 bits per heavy atom. The van der Waals surface area contributed by atoms with Crippen molar-refractivity contribution in [1.82, 2.24) is 15.4 Å². The van der Waals surface area contributed by atoms with Gasteiger partial charge in [0.1, 0.15) is 10.8 Å². The molecule has 0 radical (unpaired) electrons. The van der Waals surface area contributed by atoms with Gasteiger partial charge in [-0.25, -0.2) is 10.4 Å². The number of pyridine rings is 1. The van der Waals surface area contributed by atoms with Gasteiger partial charge in [0.15, 0.2) is 0 Å². The quantitative estimate of drug-likeness (QED) is 0.217. The lowest BCUT2D eigenvalue weighted by Crippen LogP contribution is -2.19. The molecule has 5 nitrogen and oxygen atoms in total. The molecule has 2 aromatic heterocycles. The van der Waals surface area contributed by atoms with Crippen molar-refractivity contribution < 1.29 is 4.79 Å². The molecule has 0 atom stereocenters. The van der Waals surface area contributed by atoms with E-state index in [0.717, 1.165) is 32.9 Å². The molecule has 31 heavy (non-hydrogen) atoms. The molecule has 2 N–H and O–H groups in total. The normalized spacial score (nSPS) is 11.4. The number of carbonyl (C=O) groups is 1. The van der Waals surface area contributed by atoms with Crippen LogP contribution >= 0.6 is 11.6 Å². The molecule has 150 valence electrons. The first kappa shape index (κ1) is 19.0. The highest BCUT2D eigenvalue weighted by Crippen LogP contribution is 2.32. The number of aromatic nitrogens is 2. The van der Waals surface area contributed by atoms with Crippen LogP contribution in [0.15, 0.2) is 90.0 Å². The van der Waals surface area contributed by atoms with Gasteiger partial charge >= 0.3 is 0 Å². The zero-order valence-electron chi connectivity index (χ0n) is 16.3. The van der Waals surface area contributed by atoms with E-state index in [9.17, 15) is 4.79 Å². The summed E-state index contributed by atoms with van der Waals surface area (Å²) in [5.41, 5.74) is 7.17. The summed E-state index contributed by atoms with van der Waals surface area (Å²) >= 11 is 6.27. The Hall–Kier alpha value is -3.96. The number of carbonyl (C=O) groups excluding carboxylic acids is 1. The second-order valence-corrected chi connectivity index (χ2v) is 7.40. The largest absolute Gasteiger partial charge is 0.350 e. The van der Waals surface area contributed by atoms with E-state index >= 15 is 0 Å². The van der Waals surface area contributed by atoms with Gasteiger partial charge in [0.05, 0.1) is 11.7 Å². The third-order valence-corrected chi connectivity index (χ3v) is 5.37. The average molecular weight is 425 g/mol. The van der Waals surface area contributed by atoms with E-state index in [0.29, 0.717) is 16.4 Å².